The second-order valence-electron chi connectivity index (χ2n) is 4.75. The van der Waals surface area contributed by atoms with Gasteiger partial charge in [-0.3, -0.25) is 11.3 Å². The van der Waals surface area contributed by atoms with Crippen LogP contribution in [0.3, 0.4) is 0 Å². The highest BCUT2D eigenvalue weighted by atomic mass is 35.5. The van der Waals surface area contributed by atoms with Gasteiger partial charge >= 0.3 is 0 Å². The number of nitrogens with two attached hydrogens (primary N) is 1. The number of hydrogen-bond donors (Lipinski definition) is 2. The maximum Gasteiger partial charge on any atom is 0.0441 e. The minimum atomic E-state index is 0.262. The van der Waals surface area contributed by atoms with E-state index in [-0.39, 0.29) is 6.04 Å². The van der Waals surface area contributed by atoms with Crippen LogP contribution in [0.1, 0.15) is 17.5 Å². The topological polar surface area (TPSA) is 41.3 Å². The van der Waals surface area contributed by atoms with E-state index < -0.39 is 0 Å². The van der Waals surface area contributed by atoms with E-state index in [2.05, 4.69) is 36.6 Å². The second kappa shape index (κ2) is 6.97. The summed E-state index contributed by atoms with van der Waals surface area (Å²) >= 11 is 6.21. The molecule has 0 saturated carbocycles. The number of aryl methyl sites for hydroxylation is 1. The predicted molar refractivity (Wildman–Crippen MR) is 74.2 cm³/mol. The van der Waals surface area contributed by atoms with Crippen LogP contribution >= 0.6 is 11.6 Å². The summed E-state index contributed by atoms with van der Waals surface area (Å²) in [5.41, 5.74) is 5.20. The molecule has 0 fully saturated rings. The first kappa shape index (κ1) is 14.5. The van der Waals surface area contributed by atoms with Crippen molar-refractivity contribution in [1.29, 1.82) is 0 Å². The number of benzene rings is 1. The van der Waals surface area contributed by atoms with Crippen molar-refractivity contribution in [2.75, 3.05) is 20.6 Å². The van der Waals surface area contributed by atoms with Crippen LogP contribution in [0.5, 0.6) is 0 Å². The van der Waals surface area contributed by atoms with Gasteiger partial charge in [0.25, 0.3) is 0 Å². The fourth-order valence-corrected chi connectivity index (χ4v) is 2.05. The molecule has 0 saturated heterocycles. The summed E-state index contributed by atoms with van der Waals surface area (Å²) < 4.78 is 0. The fourth-order valence-electron chi connectivity index (χ4n) is 1.74. The van der Waals surface area contributed by atoms with Crippen molar-refractivity contribution in [3.63, 3.8) is 0 Å². The molecule has 1 aromatic carbocycles. The Morgan fingerprint density at radius 1 is 1.41 bits per heavy atom. The number of nitrogens with one attached hydrogen (secondary N) is 1. The minimum Gasteiger partial charge on any atom is -0.309 e. The molecule has 4 heteroatoms. The van der Waals surface area contributed by atoms with Gasteiger partial charge in [-0.05, 0) is 57.6 Å². The Labute approximate surface area is 109 Å². The van der Waals surface area contributed by atoms with Crippen LogP contribution in [-0.4, -0.2) is 31.6 Å². The Morgan fingerprint density at radius 3 is 2.65 bits per heavy atom. The third-order valence-corrected chi connectivity index (χ3v) is 3.19. The van der Waals surface area contributed by atoms with Gasteiger partial charge in [-0.15, -0.1) is 0 Å². The van der Waals surface area contributed by atoms with Gasteiger partial charge in [0, 0.05) is 11.1 Å². The summed E-state index contributed by atoms with van der Waals surface area (Å²) in [4.78, 5) is 2.15. The van der Waals surface area contributed by atoms with E-state index in [1.54, 1.807) is 0 Å². The predicted octanol–water partition coefficient (Wildman–Crippen LogP) is 1.97. The van der Waals surface area contributed by atoms with Crippen LogP contribution in [0.25, 0.3) is 0 Å². The molecule has 96 valence electrons. The number of rotatable bonds is 6. The Bertz CT molecular complexity index is 353. The lowest BCUT2D eigenvalue weighted by Gasteiger charge is -2.19. The summed E-state index contributed by atoms with van der Waals surface area (Å²) in [5, 5.41) is 0.829. The number of halogens is 1. The lowest BCUT2D eigenvalue weighted by molar-refractivity contribution is 0.358. The molecule has 0 spiro atoms. The molecule has 0 aliphatic heterocycles. The van der Waals surface area contributed by atoms with E-state index in [1.807, 2.05) is 13.0 Å². The highest BCUT2D eigenvalue weighted by molar-refractivity contribution is 6.31. The van der Waals surface area contributed by atoms with Crippen molar-refractivity contribution in [2.24, 2.45) is 5.84 Å². The Hall–Kier alpha value is -0.610. The first-order chi connectivity index (χ1) is 8.02. The molecule has 1 unspecified atom stereocenters. The van der Waals surface area contributed by atoms with Crippen molar-refractivity contribution >= 4 is 11.6 Å². The van der Waals surface area contributed by atoms with Gasteiger partial charge in [0.1, 0.15) is 0 Å². The van der Waals surface area contributed by atoms with Crippen molar-refractivity contribution in [3.05, 3.63) is 34.3 Å². The second-order valence-corrected chi connectivity index (χ2v) is 5.16. The van der Waals surface area contributed by atoms with Gasteiger partial charge in [-0.2, -0.15) is 0 Å². The molecular weight excluding hydrogens is 234 g/mol. The Balaban J connectivity index is 2.60. The fraction of sp³-hybridized carbons (Fsp3) is 0.538. The molecule has 0 bridgehead atoms. The first-order valence-electron chi connectivity index (χ1n) is 5.89. The quantitative estimate of drug-likeness (QED) is 0.603. The third-order valence-electron chi connectivity index (χ3n) is 2.84. The SMILES string of the molecule is Cc1ccc(CC(CCN(C)C)NN)c(Cl)c1. The summed E-state index contributed by atoms with van der Waals surface area (Å²) in [6.07, 6.45) is 1.87. The molecule has 3 N–H and O–H groups in total. The van der Waals surface area contributed by atoms with E-state index in [4.69, 9.17) is 17.4 Å². The van der Waals surface area contributed by atoms with Crippen molar-refractivity contribution in [3.8, 4) is 0 Å². The first-order valence-corrected chi connectivity index (χ1v) is 6.26. The highest BCUT2D eigenvalue weighted by Crippen LogP contribution is 2.19. The van der Waals surface area contributed by atoms with Crippen LogP contribution in [0.15, 0.2) is 18.2 Å². The maximum atomic E-state index is 6.21. The Kier molecular flexibility index (Phi) is 5.92. The minimum absolute atomic E-state index is 0.262. The highest BCUT2D eigenvalue weighted by Gasteiger charge is 2.10. The monoisotopic (exact) mass is 255 g/mol. The lowest BCUT2D eigenvalue weighted by Crippen LogP contribution is -2.38. The molecule has 0 aromatic heterocycles. The summed E-state index contributed by atoms with van der Waals surface area (Å²) in [6.45, 7) is 3.05. The van der Waals surface area contributed by atoms with Gasteiger partial charge in [0.15, 0.2) is 0 Å². The van der Waals surface area contributed by atoms with E-state index in [1.165, 1.54) is 5.56 Å². The molecule has 1 rings (SSSR count). The molecule has 3 nitrogen and oxygen atoms in total. The van der Waals surface area contributed by atoms with Crippen molar-refractivity contribution in [2.45, 2.75) is 25.8 Å². The molecule has 17 heavy (non-hydrogen) atoms. The largest absolute Gasteiger partial charge is 0.309 e. The molecule has 0 aliphatic rings. The number of hydrazine groups is 1. The van der Waals surface area contributed by atoms with Crippen molar-refractivity contribution in [1.82, 2.24) is 10.3 Å². The number of nitrogens with zero attached hydrogens (tertiary/aromatic N) is 1. The van der Waals surface area contributed by atoms with Crippen LogP contribution in [0.4, 0.5) is 0 Å². The Morgan fingerprint density at radius 2 is 2.12 bits per heavy atom. The van der Waals surface area contributed by atoms with Crippen LogP contribution in [0.2, 0.25) is 5.02 Å². The maximum absolute atomic E-state index is 6.21. The van der Waals surface area contributed by atoms with Crippen LogP contribution < -0.4 is 11.3 Å². The van der Waals surface area contributed by atoms with Gasteiger partial charge in [-0.25, -0.2) is 0 Å². The van der Waals surface area contributed by atoms with Gasteiger partial charge in [0.2, 0.25) is 0 Å². The smallest absolute Gasteiger partial charge is 0.0441 e. The van der Waals surface area contributed by atoms with E-state index in [0.717, 1.165) is 30.0 Å². The van der Waals surface area contributed by atoms with Crippen molar-refractivity contribution < 1.29 is 0 Å². The molecule has 1 aromatic rings. The normalized spacial score (nSPS) is 13.1. The molecule has 0 amide bonds. The van der Waals surface area contributed by atoms with E-state index >= 15 is 0 Å². The molecule has 1 atom stereocenters. The zero-order valence-corrected chi connectivity index (χ0v) is 11.6. The lowest BCUT2D eigenvalue weighted by atomic mass is 10.0. The molecule has 0 radical (unpaired) electrons. The summed E-state index contributed by atoms with van der Waals surface area (Å²) in [5.74, 6) is 5.58. The average molecular weight is 256 g/mol. The third kappa shape index (κ3) is 5.04. The molecule has 0 aliphatic carbocycles. The molecular formula is C13H22ClN3. The average Bonchev–Trinajstić information content (AvgIpc) is 2.26. The van der Waals surface area contributed by atoms with Crippen LogP contribution in [0, 0.1) is 6.92 Å². The van der Waals surface area contributed by atoms with E-state index in [0.29, 0.717) is 0 Å². The number of hydrogen-bond acceptors (Lipinski definition) is 3. The van der Waals surface area contributed by atoms with Gasteiger partial charge < -0.3 is 4.90 Å². The molecule has 0 heterocycles. The zero-order valence-electron chi connectivity index (χ0n) is 10.8. The summed E-state index contributed by atoms with van der Waals surface area (Å²) in [6, 6.07) is 6.42. The standard InChI is InChI=1S/C13H22ClN3/c1-10-4-5-11(13(14)8-10)9-12(16-15)6-7-17(2)3/h4-5,8,12,16H,6-7,9,15H2,1-3H3. The zero-order chi connectivity index (χ0) is 12.8. The van der Waals surface area contributed by atoms with Crippen LogP contribution in [-0.2, 0) is 6.42 Å². The van der Waals surface area contributed by atoms with Gasteiger partial charge in [0.05, 0.1) is 0 Å². The summed E-state index contributed by atoms with van der Waals surface area (Å²) in [7, 11) is 4.12. The van der Waals surface area contributed by atoms with Gasteiger partial charge in [-0.1, -0.05) is 23.7 Å². The van der Waals surface area contributed by atoms with E-state index in [9.17, 15) is 0 Å².